The Morgan fingerprint density at radius 1 is 0.759 bits per heavy atom. The van der Waals surface area contributed by atoms with E-state index in [1.807, 2.05) is 19.1 Å². The van der Waals surface area contributed by atoms with Gasteiger partial charge in [0.15, 0.2) is 6.04 Å². The van der Waals surface area contributed by atoms with Crippen molar-refractivity contribution >= 4 is 53.1 Å². The van der Waals surface area contributed by atoms with E-state index in [1.165, 1.54) is 24.0 Å². The number of hydrogen-bond donors (Lipinski definition) is 6. The minimum absolute atomic E-state index is 0.0288. The summed E-state index contributed by atoms with van der Waals surface area (Å²) >= 11 is 0. The number of carbonyl (C=O) groups is 7. The highest BCUT2D eigenvalue weighted by Gasteiger charge is 2.55. The predicted molar refractivity (Wildman–Crippen MR) is 196 cm³/mol. The molecule has 0 aliphatic carbocycles. The number of rotatable bonds is 14. The van der Waals surface area contributed by atoms with Crippen LogP contribution in [0.25, 0.3) is 0 Å². The number of aryl methyl sites for hydroxylation is 1. The highest BCUT2D eigenvalue weighted by atomic mass is 16.4. The van der Waals surface area contributed by atoms with Crippen molar-refractivity contribution in [2.45, 2.75) is 44.4 Å². The molecule has 0 aromatic heterocycles. The fourth-order valence-corrected chi connectivity index (χ4v) is 6.03. The minimum atomic E-state index is -1.75. The molecule has 5 rings (SSSR count). The first kappa shape index (κ1) is 38.2. The summed E-state index contributed by atoms with van der Waals surface area (Å²) in [5.74, 6) is -5.80. The topological polar surface area (TPSA) is 215 Å². The van der Waals surface area contributed by atoms with Crippen molar-refractivity contribution in [3.8, 4) is 0 Å². The molecule has 1 aliphatic heterocycles. The van der Waals surface area contributed by atoms with Crippen molar-refractivity contribution in [3.63, 3.8) is 0 Å². The van der Waals surface area contributed by atoms with Crippen molar-refractivity contribution in [1.82, 2.24) is 20.4 Å². The molecule has 0 spiro atoms. The standard InChI is InChI=1S/C39H38N6O9/c1-24-11-9-10-16-29(24)42-37(53)40-28-19-17-27(18-20-28)39(2)36(52)44(38(54)45(39)22-25-12-5-3-6-13-25)23-31(46)41-30(21-32(47)48)34(49)43-33(35(50)51)26-14-7-4-8-15-26/h3-20,30,33H,21-23H2,1-2H3,(H,41,46)(H,43,49)(H,47,48)(H,50,51)(H2,40,42,53)/t30-,33-,39?/m0/s1. The Bertz CT molecular complexity index is 2060. The van der Waals surface area contributed by atoms with Crippen molar-refractivity contribution in [1.29, 1.82) is 0 Å². The van der Waals surface area contributed by atoms with Crippen molar-refractivity contribution in [3.05, 3.63) is 131 Å². The number of aliphatic carboxylic acids is 2. The number of para-hydroxylation sites is 1. The van der Waals surface area contributed by atoms with Gasteiger partial charge < -0.3 is 36.4 Å². The smallest absolute Gasteiger partial charge is 0.330 e. The van der Waals surface area contributed by atoms with Gasteiger partial charge in [-0.25, -0.2) is 14.4 Å². The summed E-state index contributed by atoms with van der Waals surface area (Å²) in [6.45, 7) is 2.48. The zero-order valence-electron chi connectivity index (χ0n) is 29.3. The van der Waals surface area contributed by atoms with Crippen LogP contribution in [0.15, 0.2) is 109 Å². The Morgan fingerprint density at radius 3 is 1.98 bits per heavy atom. The summed E-state index contributed by atoms with van der Waals surface area (Å²) in [6.07, 6.45) is -0.915. The van der Waals surface area contributed by atoms with Crippen LogP contribution in [0.4, 0.5) is 21.0 Å². The van der Waals surface area contributed by atoms with E-state index in [0.717, 1.165) is 5.56 Å². The van der Waals surface area contributed by atoms with Gasteiger partial charge >= 0.3 is 24.0 Å². The number of carbonyl (C=O) groups excluding carboxylic acids is 5. The molecule has 0 bridgehead atoms. The monoisotopic (exact) mass is 734 g/mol. The van der Waals surface area contributed by atoms with Gasteiger partial charge in [-0.3, -0.25) is 24.1 Å². The lowest BCUT2D eigenvalue weighted by Gasteiger charge is -2.32. The van der Waals surface area contributed by atoms with Gasteiger partial charge in [0.05, 0.1) is 6.42 Å². The molecule has 0 radical (unpaired) electrons. The minimum Gasteiger partial charge on any atom is -0.481 e. The van der Waals surface area contributed by atoms with Crippen molar-refractivity contribution in [2.75, 3.05) is 17.2 Å². The fraction of sp³-hybridized carbons (Fsp3) is 0.205. The van der Waals surface area contributed by atoms with Crippen LogP contribution in [0.1, 0.15) is 41.6 Å². The number of urea groups is 2. The third-order valence-electron chi connectivity index (χ3n) is 8.94. The molecule has 7 amide bonds. The molecule has 4 aromatic carbocycles. The zero-order chi connectivity index (χ0) is 39.0. The van der Waals surface area contributed by atoms with Crippen molar-refractivity contribution in [2.24, 2.45) is 0 Å². The van der Waals surface area contributed by atoms with Crippen LogP contribution in [0.2, 0.25) is 0 Å². The summed E-state index contributed by atoms with van der Waals surface area (Å²) < 4.78 is 0. The average Bonchev–Trinajstić information content (AvgIpc) is 3.32. The molecule has 3 atom stereocenters. The van der Waals surface area contributed by atoms with E-state index < -0.39 is 72.3 Å². The number of benzene rings is 4. The highest BCUT2D eigenvalue weighted by Crippen LogP contribution is 2.39. The van der Waals surface area contributed by atoms with Crippen molar-refractivity contribution < 1.29 is 43.8 Å². The first-order valence-corrected chi connectivity index (χ1v) is 16.8. The van der Waals surface area contributed by atoms with Gasteiger partial charge in [-0.15, -0.1) is 0 Å². The molecule has 15 heteroatoms. The van der Waals surface area contributed by atoms with E-state index in [0.29, 0.717) is 27.4 Å². The fourth-order valence-electron chi connectivity index (χ4n) is 6.03. The quantitative estimate of drug-likeness (QED) is 0.102. The van der Waals surface area contributed by atoms with Crippen LogP contribution in [-0.2, 0) is 36.1 Å². The second-order valence-electron chi connectivity index (χ2n) is 12.7. The van der Waals surface area contributed by atoms with E-state index >= 15 is 0 Å². The summed E-state index contributed by atoms with van der Waals surface area (Å²) in [5, 5.41) is 29.2. The largest absolute Gasteiger partial charge is 0.481 e. The maximum Gasteiger partial charge on any atom is 0.330 e. The van der Waals surface area contributed by atoms with Crippen LogP contribution >= 0.6 is 0 Å². The number of carboxylic acid groups (broad SMARTS) is 2. The van der Waals surface area contributed by atoms with E-state index in [9.17, 15) is 43.8 Å². The number of carboxylic acids is 2. The second kappa shape index (κ2) is 16.5. The third-order valence-corrected chi connectivity index (χ3v) is 8.94. The van der Waals surface area contributed by atoms with Crippen LogP contribution in [0.5, 0.6) is 0 Å². The SMILES string of the molecule is Cc1ccccc1NC(=O)Nc1ccc(C2(C)C(=O)N(CC(=O)N[C@@H](CC(=O)O)C(=O)N[C@H](C(=O)O)c3ccccc3)C(=O)N2Cc2ccccc2)cc1. The van der Waals surface area contributed by atoms with Gasteiger partial charge in [0.1, 0.15) is 18.1 Å². The number of hydrogen-bond acceptors (Lipinski definition) is 7. The molecule has 4 aromatic rings. The molecule has 278 valence electrons. The normalized spacial score (nSPS) is 16.3. The lowest BCUT2D eigenvalue weighted by Crippen LogP contribution is -2.52. The lowest BCUT2D eigenvalue weighted by atomic mass is 9.89. The summed E-state index contributed by atoms with van der Waals surface area (Å²) in [5.41, 5.74) is 1.52. The van der Waals surface area contributed by atoms with Gasteiger partial charge in [-0.1, -0.05) is 91.0 Å². The predicted octanol–water partition coefficient (Wildman–Crippen LogP) is 4.22. The van der Waals surface area contributed by atoms with Crippen LogP contribution in [0, 0.1) is 6.92 Å². The summed E-state index contributed by atoms with van der Waals surface area (Å²) in [6, 6.07) is 25.5. The molecular formula is C39H38N6O9. The Balaban J connectivity index is 1.35. The number of nitrogens with one attached hydrogen (secondary N) is 4. The number of amides is 7. The number of nitrogens with zero attached hydrogens (tertiary/aromatic N) is 2. The molecule has 54 heavy (non-hydrogen) atoms. The Hall–Kier alpha value is -7.03. The van der Waals surface area contributed by atoms with E-state index in [1.54, 1.807) is 84.9 Å². The van der Waals surface area contributed by atoms with Crippen LogP contribution in [0.3, 0.4) is 0 Å². The third kappa shape index (κ3) is 8.70. The van der Waals surface area contributed by atoms with Crippen LogP contribution < -0.4 is 21.3 Å². The molecule has 15 nitrogen and oxygen atoms in total. The Kier molecular flexibility index (Phi) is 11.7. The second-order valence-corrected chi connectivity index (χ2v) is 12.7. The molecule has 1 heterocycles. The van der Waals surface area contributed by atoms with Crippen LogP contribution in [-0.4, -0.2) is 74.3 Å². The number of imide groups is 1. The highest BCUT2D eigenvalue weighted by molar-refractivity contribution is 6.09. The first-order valence-electron chi connectivity index (χ1n) is 16.8. The van der Waals surface area contributed by atoms with E-state index in [4.69, 9.17) is 0 Å². The Labute approximate surface area is 310 Å². The Morgan fingerprint density at radius 2 is 1.37 bits per heavy atom. The van der Waals surface area contributed by atoms with Gasteiger partial charge in [-0.2, -0.15) is 0 Å². The molecule has 0 saturated carbocycles. The molecule has 1 saturated heterocycles. The first-order chi connectivity index (χ1) is 25.8. The maximum absolute atomic E-state index is 14.2. The van der Waals surface area contributed by atoms with Gasteiger partial charge in [0.2, 0.25) is 11.8 Å². The van der Waals surface area contributed by atoms with Gasteiger partial charge in [0, 0.05) is 17.9 Å². The molecule has 1 aliphatic rings. The van der Waals surface area contributed by atoms with Gasteiger partial charge in [-0.05, 0) is 54.3 Å². The molecular weight excluding hydrogens is 696 g/mol. The van der Waals surface area contributed by atoms with E-state index in [-0.39, 0.29) is 12.1 Å². The van der Waals surface area contributed by atoms with Gasteiger partial charge in [0.25, 0.3) is 5.91 Å². The number of anilines is 2. The molecule has 6 N–H and O–H groups in total. The summed E-state index contributed by atoms with van der Waals surface area (Å²) in [7, 11) is 0. The van der Waals surface area contributed by atoms with E-state index in [2.05, 4.69) is 21.3 Å². The maximum atomic E-state index is 14.2. The average molecular weight is 735 g/mol. The molecule has 1 unspecified atom stereocenters. The zero-order valence-corrected chi connectivity index (χ0v) is 29.3. The lowest BCUT2D eigenvalue weighted by molar-refractivity contribution is -0.144. The summed E-state index contributed by atoms with van der Waals surface area (Å²) in [4.78, 5) is 93.1. The molecule has 1 fully saturated rings.